The van der Waals surface area contributed by atoms with Gasteiger partial charge in [-0.05, 0) is 31.5 Å². The third-order valence-electron chi connectivity index (χ3n) is 5.28. The molecule has 2 aliphatic rings. The van der Waals surface area contributed by atoms with Crippen LogP contribution in [0.5, 0.6) is 0 Å². The van der Waals surface area contributed by atoms with Gasteiger partial charge in [-0.2, -0.15) is 9.82 Å². The molecule has 170 valence electrons. The number of piperidine rings is 1. The minimum Gasteiger partial charge on any atom is -0.295 e. The van der Waals surface area contributed by atoms with Crippen molar-refractivity contribution in [2.75, 3.05) is 6.54 Å². The first-order chi connectivity index (χ1) is 15.6. The van der Waals surface area contributed by atoms with Crippen LogP contribution >= 0.6 is 0 Å². The van der Waals surface area contributed by atoms with E-state index in [1.807, 2.05) is 0 Å². The van der Waals surface area contributed by atoms with Crippen molar-refractivity contribution >= 4 is 33.7 Å². The van der Waals surface area contributed by atoms with E-state index >= 15 is 0 Å². The van der Waals surface area contributed by atoms with E-state index < -0.39 is 39.7 Å². The number of aryl methyl sites for hydroxylation is 2. The summed E-state index contributed by atoms with van der Waals surface area (Å²) in [6.07, 6.45) is 1.50. The van der Waals surface area contributed by atoms with Gasteiger partial charge in [0.25, 0.3) is 11.8 Å². The maximum Gasteiger partial charge on any atom is 0.262 e. The zero-order valence-electron chi connectivity index (χ0n) is 17.7. The number of fused-ring (bicyclic) bond motifs is 1. The van der Waals surface area contributed by atoms with Crippen molar-refractivity contribution in [1.82, 2.24) is 24.7 Å². The standard InChI is InChI=1S/C21H19N5O6S/c1-12-17(11-25(2)24-12)33(31,32)22-9-3-4-13-5-6-14-15(10-13)21(30)26(20(14)29)16-7-8-18(27)23-19(16)28/h5-6,10-11,16,22H,7-9H2,1-2H3,(H,23,27,28). The maximum absolute atomic E-state index is 12.8. The summed E-state index contributed by atoms with van der Waals surface area (Å²) in [4.78, 5) is 49.9. The smallest absolute Gasteiger partial charge is 0.262 e. The number of carbonyl (C=O) groups is 4. The normalized spacial score (nSPS) is 18.1. The summed E-state index contributed by atoms with van der Waals surface area (Å²) in [5.41, 5.74) is 1.00. The van der Waals surface area contributed by atoms with Gasteiger partial charge in [0.05, 0.1) is 23.4 Å². The minimum absolute atomic E-state index is 0.0367. The summed E-state index contributed by atoms with van der Waals surface area (Å²) in [5, 5.41) is 6.15. The van der Waals surface area contributed by atoms with Gasteiger partial charge in [0.1, 0.15) is 10.9 Å². The fourth-order valence-corrected chi connectivity index (χ4v) is 4.88. The molecule has 11 nitrogen and oxygen atoms in total. The highest BCUT2D eigenvalue weighted by Gasteiger charge is 2.44. The monoisotopic (exact) mass is 469 g/mol. The first-order valence-corrected chi connectivity index (χ1v) is 11.4. The van der Waals surface area contributed by atoms with Crippen LogP contribution in [0.1, 0.15) is 44.8 Å². The SMILES string of the molecule is Cc1nn(C)cc1S(=O)(=O)NCC#Cc1ccc2c(c1)C(=O)N(C1CCC(=O)NC1=O)C2=O. The minimum atomic E-state index is -3.78. The van der Waals surface area contributed by atoms with Crippen LogP contribution in [0.3, 0.4) is 0 Å². The lowest BCUT2D eigenvalue weighted by Crippen LogP contribution is -2.54. The van der Waals surface area contributed by atoms with Gasteiger partial charge in [-0.1, -0.05) is 11.8 Å². The van der Waals surface area contributed by atoms with E-state index in [0.717, 1.165) is 4.90 Å². The molecule has 1 atom stereocenters. The van der Waals surface area contributed by atoms with Crippen LogP contribution in [0.15, 0.2) is 29.3 Å². The van der Waals surface area contributed by atoms with E-state index in [2.05, 4.69) is 27.0 Å². The van der Waals surface area contributed by atoms with E-state index in [1.165, 1.54) is 29.1 Å². The predicted molar refractivity (Wildman–Crippen MR) is 113 cm³/mol. The first-order valence-electron chi connectivity index (χ1n) is 9.93. The molecule has 0 saturated carbocycles. The zero-order valence-corrected chi connectivity index (χ0v) is 18.5. The van der Waals surface area contributed by atoms with Crippen molar-refractivity contribution in [3.05, 3.63) is 46.8 Å². The Morgan fingerprint density at radius 1 is 1.18 bits per heavy atom. The Labute approximate surface area is 189 Å². The Kier molecular flexibility index (Phi) is 5.61. The largest absolute Gasteiger partial charge is 0.295 e. The fourth-order valence-electron chi connectivity index (χ4n) is 3.75. The molecule has 1 saturated heterocycles. The maximum atomic E-state index is 12.8. The summed E-state index contributed by atoms with van der Waals surface area (Å²) < 4.78 is 28.5. The van der Waals surface area contributed by atoms with Gasteiger partial charge in [0.15, 0.2) is 0 Å². The molecule has 2 aliphatic heterocycles. The Balaban J connectivity index is 1.48. The van der Waals surface area contributed by atoms with Gasteiger partial charge in [0.2, 0.25) is 21.8 Å². The van der Waals surface area contributed by atoms with Crippen LogP contribution in [-0.4, -0.2) is 59.3 Å². The Bertz CT molecular complexity index is 1380. The van der Waals surface area contributed by atoms with Crippen LogP contribution in [0, 0.1) is 18.8 Å². The lowest BCUT2D eigenvalue weighted by molar-refractivity contribution is -0.136. The average Bonchev–Trinajstić information content (AvgIpc) is 3.22. The summed E-state index contributed by atoms with van der Waals surface area (Å²) in [6.45, 7) is 1.41. The van der Waals surface area contributed by atoms with Crippen molar-refractivity contribution in [2.24, 2.45) is 7.05 Å². The van der Waals surface area contributed by atoms with Gasteiger partial charge in [-0.15, -0.1) is 0 Å². The van der Waals surface area contributed by atoms with Crippen molar-refractivity contribution in [3.63, 3.8) is 0 Å². The molecule has 0 aliphatic carbocycles. The molecule has 0 radical (unpaired) electrons. The van der Waals surface area contributed by atoms with E-state index in [-0.39, 0.29) is 35.4 Å². The average molecular weight is 469 g/mol. The topological polar surface area (TPSA) is 148 Å². The highest BCUT2D eigenvalue weighted by atomic mass is 32.2. The molecule has 2 N–H and O–H groups in total. The molecule has 12 heteroatoms. The second-order valence-corrected chi connectivity index (χ2v) is 9.32. The molecular weight excluding hydrogens is 450 g/mol. The summed E-state index contributed by atoms with van der Waals surface area (Å²) in [5.74, 6) is 3.06. The summed E-state index contributed by atoms with van der Waals surface area (Å²) in [7, 11) is -2.16. The van der Waals surface area contributed by atoms with Crippen LogP contribution in [-0.2, 0) is 26.7 Å². The van der Waals surface area contributed by atoms with E-state index in [9.17, 15) is 27.6 Å². The highest BCUT2D eigenvalue weighted by molar-refractivity contribution is 7.89. The molecule has 1 aromatic carbocycles. The van der Waals surface area contributed by atoms with Crippen molar-refractivity contribution in [3.8, 4) is 11.8 Å². The van der Waals surface area contributed by atoms with Gasteiger partial charge < -0.3 is 0 Å². The quantitative estimate of drug-likeness (QED) is 0.451. The molecule has 2 aromatic rings. The molecule has 3 heterocycles. The number of imide groups is 2. The van der Waals surface area contributed by atoms with Gasteiger partial charge >= 0.3 is 0 Å². The van der Waals surface area contributed by atoms with Crippen LogP contribution in [0.4, 0.5) is 0 Å². The number of sulfonamides is 1. The first kappa shape index (κ1) is 22.4. The lowest BCUT2D eigenvalue weighted by Gasteiger charge is -2.27. The molecule has 0 bridgehead atoms. The van der Waals surface area contributed by atoms with Crippen LogP contribution < -0.4 is 10.0 Å². The second-order valence-electron chi connectivity index (χ2n) is 7.59. The van der Waals surface area contributed by atoms with Crippen molar-refractivity contribution < 1.29 is 27.6 Å². The van der Waals surface area contributed by atoms with Gasteiger partial charge in [0, 0.05) is 25.2 Å². The number of carbonyl (C=O) groups excluding carboxylic acids is 4. The number of aromatic nitrogens is 2. The zero-order chi connectivity index (χ0) is 23.9. The van der Waals surface area contributed by atoms with Gasteiger partial charge in [-0.25, -0.2) is 8.42 Å². The Morgan fingerprint density at radius 2 is 1.91 bits per heavy atom. The number of hydrogen-bond acceptors (Lipinski definition) is 7. The molecule has 4 amide bonds. The van der Waals surface area contributed by atoms with Gasteiger partial charge in [-0.3, -0.25) is 34.1 Å². The summed E-state index contributed by atoms with van der Waals surface area (Å²) in [6, 6.07) is 3.35. The number of amides is 4. The van der Waals surface area contributed by atoms with Crippen LogP contribution in [0.25, 0.3) is 0 Å². The van der Waals surface area contributed by atoms with E-state index in [1.54, 1.807) is 14.0 Å². The van der Waals surface area contributed by atoms with Crippen molar-refractivity contribution in [2.45, 2.75) is 30.7 Å². The lowest BCUT2D eigenvalue weighted by atomic mass is 10.0. The molecule has 1 aromatic heterocycles. The number of hydrogen-bond donors (Lipinski definition) is 2. The molecule has 33 heavy (non-hydrogen) atoms. The third-order valence-corrected chi connectivity index (χ3v) is 6.79. The fraction of sp³-hybridized carbons (Fsp3) is 0.286. The molecule has 4 rings (SSSR count). The number of nitrogens with one attached hydrogen (secondary N) is 2. The van der Waals surface area contributed by atoms with Crippen molar-refractivity contribution in [1.29, 1.82) is 0 Å². The van der Waals surface area contributed by atoms with Crippen LogP contribution in [0.2, 0.25) is 0 Å². The Morgan fingerprint density at radius 3 is 2.58 bits per heavy atom. The molecule has 1 unspecified atom stereocenters. The van der Waals surface area contributed by atoms with E-state index in [4.69, 9.17) is 0 Å². The molecular formula is C21H19N5O6S. The number of benzene rings is 1. The number of nitrogens with zero attached hydrogens (tertiary/aromatic N) is 3. The molecule has 0 spiro atoms. The molecule has 1 fully saturated rings. The summed E-state index contributed by atoms with van der Waals surface area (Å²) >= 11 is 0. The second kappa shape index (κ2) is 8.27. The Hall–Kier alpha value is -3.82. The highest BCUT2D eigenvalue weighted by Crippen LogP contribution is 2.28. The third kappa shape index (κ3) is 4.15. The predicted octanol–water partition coefficient (Wildman–Crippen LogP) is -0.540. The number of rotatable bonds is 4. The van der Waals surface area contributed by atoms with E-state index in [0.29, 0.717) is 11.3 Å².